The summed E-state index contributed by atoms with van der Waals surface area (Å²) in [7, 11) is 0. The lowest BCUT2D eigenvalue weighted by molar-refractivity contribution is 0.0737. The molecule has 3 nitrogen and oxygen atoms in total. The number of ether oxygens (including phenoxy) is 1. The first kappa shape index (κ1) is 11.2. The van der Waals surface area contributed by atoms with E-state index in [4.69, 9.17) is 9.15 Å². The molecule has 0 N–H and O–H groups in total. The average Bonchev–Trinajstić information content (AvgIpc) is 2.49. The molecule has 0 aromatic carbocycles. The molecule has 0 bridgehead atoms. The zero-order valence-corrected chi connectivity index (χ0v) is 9.39. The fourth-order valence-electron chi connectivity index (χ4n) is 0.804. The van der Waals surface area contributed by atoms with Gasteiger partial charge in [0.25, 0.3) is 0 Å². The first-order chi connectivity index (χ1) is 6.47. The van der Waals surface area contributed by atoms with E-state index in [1.807, 2.05) is 26.8 Å². The second-order valence-electron chi connectivity index (χ2n) is 3.83. The van der Waals surface area contributed by atoms with Crippen molar-refractivity contribution in [2.75, 3.05) is 0 Å². The summed E-state index contributed by atoms with van der Waals surface area (Å²) in [5.41, 5.74) is -0.423. The predicted octanol–water partition coefficient (Wildman–Crippen LogP) is 3.45. The van der Waals surface area contributed by atoms with Gasteiger partial charge in [-0.1, -0.05) is 0 Å². The second kappa shape index (κ2) is 4.55. The van der Waals surface area contributed by atoms with Crippen LogP contribution in [-0.2, 0) is 10.5 Å². The Labute approximate surface area is 87.8 Å². The molecule has 0 spiro atoms. The Morgan fingerprint density at radius 3 is 2.79 bits per heavy atom. The van der Waals surface area contributed by atoms with Crippen molar-refractivity contribution >= 4 is 17.1 Å². The van der Waals surface area contributed by atoms with E-state index in [1.54, 1.807) is 12.3 Å². The van der Waals surface area contributed by atoms with E-state index in [2.05, 4.69) is 0 Å². The maximum atomic E-state index is 11.3. The molecule has 0 atom stereocenters. The molecular formula is C10H14O3S. The first-order valence-electron chi connectivity index (χ1n) is 4.35. The molecule has 1 aromatic rings. The summed E-state index contributed by atoms with van der Waals surface area (Å²) in [6.45, 7) is 5.54. The van der Waals surface area contributed by atoms with Crippen LogP contribution in [0.5, 0.6) is 0 Å². The minimum Gasteiger partial charge on any atom is -0.468 e. The Balaban J connectivity index is 2.29. The monoisotopic (exact) mass is 214 g/mol. The Hall–Kier alpha value is -0.900. The molecule has 78 valence electrons. The van der Waals surface area contributed by atoms with Crippen molar-refractivity contribution in [1.82, 2.24) is 0 Å². The highest BCUT2D eigenvalue weighted by molar-refractivity contribution is 8.12. The Kier molecular flexibility index (Phi) is 3.63. The van der Waals surface area contributed by atoms with Crippen LogP contribution in [0.2, 0.25) is 0 Å². The predicted molar refractivity (Wildman–Crippen MR) is 56.2 cm³/mol. The molecule has 0 fully saturated rings. The second-order valence-corrected chi connectivity index (χ2v) is 4.74. The van der Waals surface area contributed by atoms with Crippen molar-refractivity contribution in [1.29, 1.82) is 0 Å². The highest BCUT2D eigenvalue weighted by Crippen LogP contribution is 2.18. The van der Waals surface area contributed by atoms with Gasteiger partial charge < -0.3 is 9.15 Å². The van der Waals surface area contributed by atoms with Crippen LogP contribution in [0.1, 0.15) is 26.5 Å². The molecule has 0 radical (unpaired) electrons. The molecule has 1 aromatic heterocycles. The van der Waals surface area contributed by atoms with E-state index in [0.29, 0.717) is 5.75 Å². The van der Waals surface area contributed by atoms with Gasteiger partial charge in [-0.3, -0.25) is 0 Å². The van der Waals surface area contributed by atoms with Gasteiger partial charge in [0.1, 0.15) is 11.4 Å². The van der Waals surface area contributed by atoms with E-state index in [0.717, 1.165) is 17.5 Å². The zero-order valence-electron chi connectivity index (χ0n) is 8.57. The number of rotatable bonds is 2. The fraction of sp³-hybridized carbons (Fsp3) is 0.500. The van der Waals surface area contributed by atoms with E-state index >= 15 is 0 Å². The number of hydrogen-bond acceptors (Lipinski definition) is 4. The number of hydrogen-bond donors (Lipinski definition) is 0. The standard InChI is InChI=1S/C10H14O3S/c1-10(2,3)13-9(11)14-7-8-5-4-6-12-8/h4-6H,7H2,1-3H3. The Bertz CT molecular complexity index is 285. The van der Waals surface area contributed by atoms with Crippen LogP contribution in [0, 0.1) is 0 Å². The molecule has 1 heterocycles. The first-order valence-corrected chi connectivity index (χ1v) is 5.34. The molecular weight excluding hydrogens is 200 g/mol. The lowest BCUT2D eigenvalue weighted by Crippen LogP contribution is -2.21. The highest BCUT2D eigenvalue weighted by atomic mass is 32.2. The normalized spacial score (nSPS) is 11.4. The molecule has 0 aliphatic heterocycles. The third kappa shape index (κ3) is 4.37. The third-order valence-electron chi connectivity index (χ3n) is 1.30. The number of carbonyl (C=O) groups excluding carboxylic acids is 1. The molecule has 0 aliphatic carbocycles. The summed E-state index contributed by atoms with van der Waals surface area (Å²) < 4.78 is 10.2. The topological polar surface area (TPSA) is 39.4 Å². The van der Waals surface area contributed by atoms with Gasteiger partial charge in [0.05, 0.1) is 12.0 Å². The van der Waals surface area contributed by atoms with Crippen molar-refractivity contribution in [3.8, 4) is 0 Å². The van der Waals surface area contributed by atoms with Crippen LogP contribution >= 0.6 is 11.8 Å². The van der Waals surface area contributed by atoms with Crippen LogP contribution < -0.4 is 0 Å². The van der Waals surface area contributed by atoms with Crippen molar-refractivity contribution in [3.63, 3.8) is 0 Å². The SMILES string of the molecule is CC(C)(C)OC(=O)SCc1ccco1. The van der Waals surface area contributed by atoms with Crippen molar-refractivity contribution in [3.05, 3.63) is 24.2 Å². The minimum atomic E-state index is -0.423. The average molecular weight is 214 g/mol. The molecule has 0 unspecified atom stereocenters. The summed E-state index contributed by atoms with van der Waals surface area (Å²) >= 11 is 1.11. The van der Waals surface area contributed by atoms with E-state index in [9.17, 15) is 4.79 Å². The van der Waals surface area contributed by atoms with E-state index < -0.39 is 5.60 Å². The molecule has 0 saturated heterocycles. The van der Waals surface area contributed by atoms with Crippen LogP contribution in [0.15, 0.2) is 22.8 Å². The Morgan fingerprint density at radius 2 is 2.29 bits per heavy atom. The lowest BCUT2D eigenvalue weighted by atomic mass is 10.2. The van der Waals surface area contributed by atoms with Crippen LogP contribution in [0.25, 0.3) is 0 Å². The van der Waals surface area contributed by atoms with Gasteiger partial charge in [0.15, 0.2) is 0 Å². The van der Waals surface area contributed by atoms with Gasteiger partial charge in [0.2, 0.25) is 0 Å². The largest absolute Gasteiger partial charge is 0.468 e. The van der Waals surface area contributed by atoms with Gasteiger partial charge >= 0.3 is 5.30 Å². The van der Waals surface area contributed by atoms with E-state index in [1.165, 1.54) is 0 Å². The van der Waals surface area contributed by atoms with Crippen LogP contribution in [0.4, 0.5) is 4.79 Å². The van der Waals surface area contributed by atoms with Crippen molar-refractivity contribution < 1.29 is 13.9 Å². The summed E-state index contributed by atoms with van der Waals surface area (Å²) in [4.78, 5) is 11.3. The summed E-state index contributed by atoms with van der Waals surface area (Å²) in [5, 5.41) is -0.270. The minimum absolute atomic E-state index is 0.270. The van der Waals surface area contributed by atoms with Gasteiger partial charge in [-0.15, -0.1) is 0 Å². The maximum Gasteiger partial charge on any atom is 0.368 e. The zero-order chi connectivity index (χ0) is 10.6. The fourth-order valence-corrected chi connectivity index (χ4v) is 1.54. The number of thioether (sulfide) groups is 1. The highest BCUT2D eigenvalue weighted by Gasteiger charge is 2.16. The number of carbonyl (C=O) groups is 1. The lowest BCUT2D eigenvalue weighted by Gasteiger charge is -2.18. The molecule has 4 heteroatoms. The molecule has 1 rings (SSSR count). The summed E-state index contributed by atoms with van der Waals surface area (Å²) in [6, 6.07) is 3.63. The van der Waals surface area contributed by atoms with Gasteiger partial charge in [-0.2, -0.15) is 0 Å². The van der Waals surface area contributed by atoms with Crippen LogP contribution in [-0.4, -0.2) is 10.9 Å². The Morgan fingerprint density at radius 1 is 1.57 bits per heavy atom. The number of furan rings is 1. The molecule has 0 saturated carbocycles. The molecule has 0 amide bonds. The quantitative estimate of drug-likeness (QED) is 0.707. The van der Waals surface area contributed by atoms with Crippen LogP contribution in [0.3, 0.4) is 0 Å². The van der Waals surface area contributed by atoms with Crippen molar-refractivity contribution in [2.24, 2.45) is 0 Å². The van der Waals surface area contributed by atoms with Gasteiger partial charge in [-0.25, -0.2) is 4.79 Å². The molecule has 0 aliphatic rings. The van der Waals surface area contributed by atoms with E-state index in [-0.39, 0.29) is 5.30 Å². The maximum absolute atomic E-state index is 11.3. The summed E-state index contributed by atoms with van der Waals surface area (Å²) in [6.07, 6.45) is 1.59. The summed E-state index contributed by atoms with van der Waals surface area (Å²) in [5.74, 6) is 1.29. The third-order valence-corrected chi connectivity index (χ3v) is 2.05. The van der Waals surface area contributed by atoms with Gasteiger partial charge in [0, 0.05) is 0 Å². The smallest absolute Gasteiger partial charge is 0.368 e. The molecule has 14 heavy (non-hydrogen) atoms. The van der Waals surface area contributed by atoms with Crippen molar-refractivity contribution in [2.45, 2.75) is 32.1 Å². The van der Waals surface area contributed by atoms with Gasteiger partial charge in [-0.05, 0) is 44.7 Å².